The maximum absolute atomic E-state index is 12.0. The Morgan fingerprint density at radius 3 is 2.90 bits per heavy atom. The molecule has 1 fully saturated rings. The van der Waals surface area contributed by atoms with Gasteiger partial charge in [-0.1, -0.05) is 25.3 Å². The maximum Gasteiger partial charge on any atom is 0.263 e. The summed E-state index contributed by atoms with van der Waals surface area (Å²) >= 11 is 0. The number of pyridine rings is 1. The molecule has 2 rings (SSSR count). The van der Waals surface area contributed by atoms with Crippen molar-refractivity contribution in [2.45, 2.75) is 44.7 Å². The Hall–Kier alpha value is -2.35. The van der Waals surface area contributed by atoms with E-state index in [1.165, 1.54) is 12.6 Å². The molecule has 1 heterocycles. The molecule has 0 spiro atoms. The lowest BCUT2D eigenvalue weighted by Gasteiger charge is -2.22. The second kappa shape index (κ2) is 8.05. The summed E-state index contributed by atoms with van der Waals surface area (Å²) in [7, 11) is 0. The first kappa shape index (κ1) is 15.0. The van der Waals surface area contributed by atoms with E-state index in [9.17, 15) is 4.79 Å². The molecule has 1 aromatic heterocycles. The fraction of sp³-hybridized carbons (Fsp3) is 0.438. The van der Waals surface area contributed by atoms with Gasteiger partial charge >= 0.3 is 0 Å². The number of rotatable bonds is 5. The van der Waals surface area contributed by atoms with Crippen molar-refractivity contribution in [1.82, 2.24) is 15.6 Å². The Labute approximate surface area is 125 Å². The van der Waals surface area contributed by atoms with Crippen LogP contribution in [0.4, 0.5) is 0 Å². The number of nitrogens with zero attached hydrogens (tertiary/aromatic N) is 2. The highest BCUT2D eigenvalue weighted by molar-refractivity contribution is 5.97. The zero-order chi connectivity index (χ0) is 14.9. The molecule has 0 aromatic carbocycles. The highest BCUT2D eigenvalue weighted by Crippen LogP contribution is 2.17. The van der Waals surface area contributed by atoms with E-state index >= 15 is 0 Å². The number of carbonyl (C=O) groups excluding carboxylic acids is 1. The van der Waals surface area contributed by atoms with Gasteiger partial charge in [0.2, 0.25) is 0 Å². The maximum atomic E-state index is 12.0. The van der Waals surface area contributed by atoms with E-state index in [0.717, 1.165) is 31.2 Å². The Kier molecular flexibility index (Phi) is 5.77. The number of nitrogens with one attached hydrogen (secondary N) is 2. The Bertz CT molecular complexity index is 527. The van der Waals surface area contributed by atoms with Gasteiger partial charge in [-0.3, -0.25) is 9.78 Å². The first-order chi connectivity index (χ1) is 10.3. The molecular weight excluding hydrogens is 264 g/mol. The normalized spacial score (nSPS) is 16.0. The summed E-state index contributed by atoms with van der Waals surface area (Å²) in [5.41, 5.74) is 1.11. The lowest BCUT2D eigenvalue weighted by molar-refractivity contribution is -0.118. The first-order valence-electron chi connectivity index (χ1n) is 7.33. The van der Waals surface area contributed by atoms with Crippen molar-refractivity contribution in [3.8, 4) is 6.07 Å². The molecule has 1 aliphatic carbocycles. The molecule has 0 bridgehead atoms. The van der Waals surface area contributed by atoms with Crippen molar-refractivity contribution in [2.24, 2.45) is 0 Å². The third-order valence-corrected chi connectivity index (χ3v) is 3.58. The van der Waals surface area contributed by atoms with Crippen LogP contribution in [0.25, 0.3) is 0 Å². The molecule has 5 nitrogen and oxygen atoms in total. The van der Waals surface area contributed by atoms with E-state index < -0.39 is 0 Å². The smallest absolute Gasteiger partial charge is 0.263 e. The summed E-state index contributed by atoms with van der Waals surface area (Å²) in [5, 5.41) is 15.0. The monoisotopic (exact) mass is 284 g/mol. The minimum Gasteiger partial charge on any atom is -0.386 e. The van der Waals surface area contributed by atoms with Gasteiger partial charge in [-0.25, -0.2) is 0 Å². The van der Waals surface area contributed by atoms with Crippen molar-refractivity contribution in [1.29, 1.82) is 5.26 Å². The van der Waals surface area contributed by atoms with E-state index in [4.69, 9.17) is 5.26 Å². The Morgan fingerprint density at radius 1 is 1.43 bits per heavy atom. The summed E-state index contributed by atoms with van der Waals surface area (Å²) < 4.78 is 0. The van der Waals surface area contributed by atoms with Crippen LogP contribution in [0.3, 0.4) is 0 Å². The van der Waals surface area contributed by atoms with Crippen molar-refractivity contribution in [3.63, 3.8) is 0 Å². The van der Waals surface area contributed by atoms with Gasteiger partial charge < -0.3 is 10.6 Å². The van der Waals surface area contributed by atoms with Gasteiger partial charge in [0.25, 0.3) is 5.91 Å². The quantitative estimate of drug-likeness (QED) is 0.640. The molecule has 0 radical (unpaired) electrons. The van der Waals surface area contributed by atoms with Gasteiger partial charge in [0, 0.05) is 31.2 Å². The fourth-order valence-corrected chi connectivity index (χ4v) is 2.43. The Balaban J connectivity index is 1.84. The molecule has 2 N–H and O–H groups in total. The van der Waals surface area contributed by atoms with Crippen molar-refractivity contribution in [3.05, 3.63) is 41.9 Å². The summed E-state index contributed by atoms with van der Waals surface area (Å²) in [6.07, 6.45) is 10.5. The standard InChI is InChI=1S/C16H20N4O/c17-9-14(12-19-11-13-5-4-8-18-10-13)16(21)20-15-6-2-1-3-7-15/h4-5,8,10,12,15,19H,1-3,6-7,11H2,(H,20,21)/b14-12-. The van der Waals surface area contributed by atoms with Crippen molar-refractivity contribution < 1.29 is 4.79 Å². The molecule has 5 heteroatoms. The van der Waals surface area contributed by atoms with Crippen LogP contribution < -0.4 is 10.6 Å². The third-order valence-electron chi connectivity index (χ3n) is 3.58. The SMILES string of the molecule is N#C/C(=C/NCc1cccnc1)C(=O)NC1CCCCC1. The van der Waals surface area contributed by atoms with Crippen LogP contribution in [-0.4, -0.2) is 16.9 Å². The van der Waals surface area contributed by atoms with Crippen LogP contribution in [0.2, 0.25) is 0 Å². The molecule has 0 atom stereocenters. The number of hydrogen-bond donors (Lipinski definition) is 2. The second-order valence-corrected chi connectivity index (χ2v) is 5.22. The first-order valence-corrected chi connectivity index (χ1v) is 7.33. The molecule has 1 saturated carbocycles. The second-order valence-electron chi connectivity index (χ2n) is 5.22. The molecule has 1 amide bonds. The van der Waals surface area contributed by atoms with E-state index in [1.807, 2.05) is 18.2 Å². The molecule has 0 aliphatic heterocycles. The van der Waals surface area contributed by atoms with Crippen LogP contribution in [0.5, 0.6) is 0 Å². The van der Waals surface area contributed by atoms with E-state index in [-0.39, 0.29) is 17.5 Å². The number of nitriles is 1. The van der Waals surface area contributed by atoms with E-state index in [1.54, 1.807) is 12.4 Å². The highest BCUT2D eigenvalue weighted by Gasteiger charge is 2.17. The predicted octanol–water partition coefficient (Wildman–Crippen LogP) is 2.03. The van der Waals surface area contributed by atoms with Gasteiger partial charge in [-0.2, -0.15) is 5.26 Å². The fourth-order valence-electron chi connectivity index (χ4n) is 2.43. The topological polar surface area (TPSA) is 77.8 Å². The van der Waals surface area contributed by atoms with Crippen molar-refractivity contribution >= 4 is 5.91 Å². The molecule has 1 aliphatic rings. The molecule has 0 unspecified atom stereocenters. The predicted molar refractivity (Wildman–Crippen MR) is 79.8 cm³/mol. The molecule has 21 heavy (non-hydrogen) atoms. The zero-order valence-electron chi connectivity index (χ0n) is 12.0. The van der Waals surface area contributed by atoms with Crippen LogP contribution in [-0.2, 0) is 11.3 Å². The molecule has 0 saturated heterocycles. The highest BCUT2D eigenvalue weighted by atomic mass is 16.1. The average molecular weight is 284 g/mol. The van der Waals surface area contributed by atoms with E-state index in [0.29, 0.717) is 6.54 Å². The van der Waals surface area contributed by atoms with Crippen LogP contribution >= 0.6 is 0 Å². The largest absolute Gasteiger partial charge is 0.386 e. The van der Waals surface area contributed by atoms with Gasteiger partial charge in [-0.15, -0.1) is 0 Å². The van der Waals surface area contributed by atoms with Gasteiger partial charge in [0.05, 0.1) is 0 Å². The summed E-state index contributed by atoms with van der Waals surface area (Å²) in [6.45, 7) is 0.537. The van der Waals surface area contributed by atoms with Gasteiger partial charge in [0.1, 0.15) is 11.6 Å². The van der Waals surface area contributed by atoms with Gasteiger partial charge in [-0.05, 0) is 24.5 Å². The number of amides is 1. The lowest BCUT2D eigenvalue weighted by atomic mass is 9.95. The number of hydrogen-bond acceptors (Lipinski definition) is 4. The van der Waals surface area contributed by atoms with Crippen LogP contribution in [0.1, 0.15) is 37.7 Å². The molecule has 110 valence electrons. The summed E-state index contributed by atoms with van der Waals surface area (Å²) in [4.78, 5) is 16.0. The zero-order valence-corrected chi connectivity index (χ0v) is 12.0. The van der Waals surface area contributed by atoms with Crippen molar-refractivity contribution in [2.75, 3.05) is 0 Å². The minimum absolute atomic E-state index is 0.115. The third kappa shape index (κ3) is 4.92. The molecule has 1 aromatic rings. The van der Waals surface area contributed by atoms with E-state index in [2.05, 4.69) is 15.6 Å². The Morgan fingerprint density at radius 2 is 2.24 bits per heavy atom. The number of carbonyl (C=O) groups is 1. The lowest BCUT2D eigenvalue weighted by Crippen LogP contribution is -2.37. The number of aromatic nitrogens is 1. The van der Waals surface area contributed by atoms with Gasteiger partial charge in [0.15, 0.2) is 0 Å². The van der Waals surface area contributed by atoms with Crippen LogP contribution in [0, 0.1) is 11.3 Å². The molecular formula is C16H20N4O. The summed E-state index contributed by atoms with van der Waals surface area (Å²) in [5.74, 6) is -0.289. The summed E-state index contributed by atoms with van der Waals surface area (Å²) in [6, 6.07) is 5.94. The van der Waals surface area contributed by atoms with Crippen LogP contribution in [0.15, 0.2) is 36.3 Å². The average Bonchev–Trinajstić information content (AvgIpc) is 2.53. The minimum atomic E-state index is -0.289.